The van der Waals surface area contributed by atoms with Crippen molar-refractivity contribution in [1.29, 1.82) is 0 Å². The fourth-order valence-electron chi connectivity index (χ4n) is 1.69. The zero-order valence-corrected chi connectivity index (χ0v) is 16.4. The second-order valence-electron chi connectivity index (χ2n) is 6.10. The molecule has 8 heteroatoms. The van der Waals surface area contributed by atoms with E-state index in [1.54, 1.807) is 20.8 Å². The first kappa shape index (κ1) is 20.8. The summed E-state index contributed by atoms with van der Waals surface area (Å²) >= 11 is 4.61. The molecule has 1 amide bonds. The van der Waals surface area contributed by atoms with Gasteiger partial charge in [-0.2, -0.15) is 0 Å². The van der Waals surface area contributed by atoms with E-state index in [1.807, 2.05) is 31.2 Å². The lowest BCUT2D eigenvalue weighted by Gasteiger charge is -2.22. The number of aliphatic hydroxyl groups is 2. The van der Waals surface area contributed by atoms with Crippen molar-refractivity contribution in [2.24, 2.45) is 5.73 Å². The Morgan fingerprint density at radius 1 is 1.38 bits per heavy atom. The molecule has 0 aliphatic rings. The summed E-state index contributed by atoms with van der Waals surface area (Å²) in [5.41, 5.74) is 5.77. The van der Waals surface area contributed by atoms with Crippen LogP contribution < -0.4 is 11.1 Å². The third-order valence-electron chi connectivity index (χ3n) is 2.77. The molecule has 0 bridgehead atoms. The van der Waals surface area contributed by atoms with E-state index in [-0.39, 0.29) is 16.0 Å². The second-order valence-corrected chi connectivity index (χ2v) is 8.37. The maximum Gasteiger partial charge on any atom is 0.412 e. The first-order chi connectivity index (χ1) is 11.0. The molecular formula is C16H23BrN2O4S. The molecule has 134 valence electrons. The largest absolute Gasteiger partial charge is 0.444 e. The average Bonchev–Trinajstić information content (AvgIpc) is 2.43. The van der Waals surface area contributed by atoms with Gasteiger partial charge in [0, 0.05) is 9.72 Å². The maximum atomic E-state index is 12.0. The zero-order valence-electron chi connectivity index (χ0n) is 14.0. The van der Waals surface area contributed by atoms with E-state index in [2.05, 4.69) is 21.2 Å². The van der Waals surface area contributed by atoms with E-state index in [4.69, 9.17) is 10.5 Å². The highest BCUT2D eigenvalue weighted by Gasteiger charge is 2.21. The molecule has 0 aromatic heterocycles. The van der Waals surface area contributed by atoms with Crippen molar-refractivity contribution in [2.75, 3.05) is 0 Å². The summed E-state index contributed by atoms with van der Waals surface area (Å²) in [7, 11) is 0. The van der Waals surface area contributed by atoms with Crippen LogP contribution in [0.15, 0.2) is 39.5 Å². The van der Waals surface area contributed by atoms with Gasteiger partial charge in [0.25, 0.3) is 0 Å². The summed E-state index contributed by atoms with van der Waals surface area (Å²) in [5, 5.41) is 21.2. The molecule has 0 heterocycles. The van der Waals surface area contributed by atoms with Crippen LogP contribution in [0.3, 0.4) is 0 Å². The van der Waals surface area contributed by atoms with E-state index in [9.17, 15) is 15.0 Å². The van der Waals surface area contributed by atoms with Gasteiger partial charge in [0.05, 0.1) is 5.70 Å². The molecule has 0 spiro atoms. The molecule has 1 rings (SSSR count). The van der Waals surface area contributed by atoms with Crippen molar-refractivity contribution in [2.45, 2.75) is 44.8 Å². The van der Waals surface area contributed by atoms with Crippen LogP contribution in [0.4, 0.5) is 4.79 Å². The average molecular weight is 419 g/mol. The summed E-state index contributed by atoms with van der Waals surface area (Å²) in [6.07, 6.45) is -2.59. The molecule has 24 heavy (non-hydrogen) atoms. The van der Waals surface area contributed by atoms with E-state index < -0.39 is 18.0 Å². The molecule has 1 aromatic carbocycles. The Balaban J connectivity index is 2.95. The molecule has 0 fully saturated rings. The number of alkyl carbamates (subject to hydrolysis) is 1. The highest BCUT2D eigenvalue weighted by Crippen LogP contribution is 2.35. The minimum Gasteiger partial charge on any atom is -0.444 e. The fourth-order valence-corrected chi connectivity index (χ4v) is 3.12. The van der Waals surface area contributed by atoms with Crippen molar-refractivity contribution in [1.82, 2.24) is 5.32 Å². The number of rotatable bonds is 5. The minimum absolute atomic E-state index is 0.0928. The Bertz CT molecular complexity index is 614. The fraction of sp³-hybridized carbons (Fsp3) is 0.438. The third kappa shape index (κ3) is 7.12. The molecule has 1 unspecified atom stereocenters. The lowest BCUT2D eigenvalue weighted by atomic mass is 10.2. The quantitative estimate of drug-likeness (QED) is 0.547. The van der Waals surface area contributed by atoms with E-state index in [0.29, 0.717) is 0 Å². The molecular weight excluding hydrogens is 396 g/mol. The number of hydrogen-bond donors (Lipinski definition) is 4. The van der Waals surface area contributed by atoms with Crippen molar-refractivity contribution in [3.8, 4) is 0 Å². The topological polar surface area (TPSA) is 105 Å². The smallest absolute Gasteiger partial charge is 0.412 e. The number of benzene rings is 1. The number of carbonyl (C=O) groups excluding carboxylic acids is 1. The number of nitrogens with one attached hydrogen (secondary N) is 1. The first-order valence-corrected chi connectivity index (χ1v) is 8.94. The van der Waals surface area contributed by atoms with E-state index in [0.717, 1.165) is 10.0 Å². The maximum absolute atomic E-state index is 12.0. The van der Waals surface area contributed by atoms with E-state index in [1.165, 1.54) is 11.8 Å². The standard InChI is InChI=1S/C16H23BrN2O4S/c1-9(10-6-5-7-11(17)8-10)24-13(12(18)14(20)21)19-15(22)23-16(2,3)4/h5-9,14,20-21H,18H2,1-4H3,(H,19,22)/b13-12-. The summed E-state index contributed by atoms with van der Waals surface area (Å²) in [6.45, 7) is 7.12. The number of thioether (sulfide) groups is 1. The molecule has 0 saturated carbocycles. The summed E-state index contributed by atoms with van der Waals surface area (Å²) in [5.74, 6) is 0. The van der Waals surface area contributed by atoms with Gasteiger partial charge in [-0.05, 0) is 45.4 Å². The molecule has 5 N–H and O–H groups in total. The van der Waals surface area contributed by atoms with Gasteiger partial charge < -0.3 is 20.7 Å². The van der Waals surface area contributed by atoms with Gasteiger partial charge in [-0.15, -0.1) is 0 Å². The monoisotopic (exact) mass is 418 g/mol. The number of nitrogens with two attached hydrogens (primary N) is 1. The van der Waals surface area contributed by atoms with E-state index >= 15 is 0 Å². The molecule has 0 radical (unpaired) electrons. The Hall–Kier alpha value is -1.22. The lowest BCUT2D eigenvalue weighted by molar-refractivity contribution is -0.00952. The molecule has 6 nitrogen and oxygen atoms in total. The SMILES string of the molecule is CC(S/C(NC(=O)OC(C)(C)C)=C(\N)C(O)O)c1cccc(Br)c1. The normalized spacial score (nSPS) is 14.2. The van der Waals surface area contributed by atoms with Gasteiger partial charge in [-0.3, -0.25) is 5.32 Å². The van der Waals surface area contributed by atoms with Crippen LogP contribution in [-0.4, -0.2) is 28.2 Å². The van der Waals surface area contributed by atoms with Gasteiger partial charge in [0.1, 0.15) is 10.6 Å². The first-order valence-electron chi connectivity index (χ1n) is 7.27. The van der Waals surface area contributed by atoms with Crippen molar-refractivity contribution in [3.63, 3.8) is 0 Å². The van der Waals surface area contributed by atoms with Crippen LogP contribution in [0.5, 0.6) is 0 Å². The van der Waals surface area contributed by atoms with Crippen molar-refractivity contribution in [3.05, 3.63) is 45.0 Å². The molecule has 1 atom stereocenters. The number of amides is 1. The highest BCUT2D eigenvalue weighted by atomic mass is 79.9. The number of halogens is 1. The molecule has 0 aliphatic carbocycles. The summed E-state index contributed by atoms with van der Waals surface area (Å²) in [4.78, 5) is 12.0. The predicted octanol–water partition coefficient (Wildman–Crippen LogP) is 3.21. The third-order valence-corrected chi connectivity index (χ3v) is 4.46. The summed E-state index contributed by atoms with van der Waals surface area (Å²) in [6, 6.07) is 7.67. The molecule has 0 aliphatic heterocycles. The molecule has 0 saturated heterocycles. The number of aliphatic hydroxyl groups excluding tert-OH is 1. The zero-order chi connectivity index (χ0) is 18.5. The Kier molecular flexibility index (Phi) is 7.59. The minimum atomic E-state index is -1.88. The van der Waals surface area contributed by atoms with Gasteiger partial charge in [0.15, 0.2) is 6.29 Å². The Morgan fingerprint density at radius 3 is 2.50 bits per heavy atom. The van der Waals surface area contributed by atoms with Crippen molar-refractivity contribution < 1.29 is 19.7 Å². The van der Waals surface area contributed by atoms with Crippen LogP contribution in [-0.2, 0) is 4.74 Å². The highest BCUT2D eigenvalue weighted by molar-refractivity contribution is 9.10. The number of carbonyl (C=O) groups is 1. The van der Waals surface area contributed by atoms with Gasteiger partial charge >= 0.3 is 6.09 Å². The summed E-state index contributed by atoms with van der Waals surface area (Å²) < 4.78 is 6.10. The number of hydrogen-bond acceptors (Lipinski definition) is 6. The molecule has 1 aromatic rings. The predicted molar refractivity (Wildman–Crippen MR) is 99.0 cm³/mol. The number of ether oxygens (including phenoxy) is 1. The van der Waals surface area contributed by atoms with Gasteiger partial charge in [-0.25, -0.2) is 4.79 Å². The van der Waals surface area contributed by atoms with Crippen LogP contribution in [0.2, 0.25) is 0 Å². The van der Waals surface area contributed by atoms with Crippen LogP contribution in [0, 0.1) is 0 Å². The lowest BCUT2D eigenvalue weighted by Crippen LogP contribution is -2.34. The van der Waals surface area contributed by atoms with Crippen LogP contribution >= 0.6 is 27.7 Å². The van der Waals surface area contributed by atoms with Crippen molar-refractivity contribution >= 4 is 33.8 Å². The Morgan fingerprint density at radius 2 is 2.00 bits per heavy atom. The van der Waals surface area contributed by atoms with Crippen LogP contribution in [0.25, 0.3) is 0 Å². The van der Waals surface area contributed by atoms with Gasteiger partial charge in [0.2, 0.25) is 0 Å². The van der Waals surface area contributed by atoms with Crippen LogP contribution in [0.1, 0.15) is 38.5 Å². The Labute approximate surface area is 154 Å². The second kappa shape index (κ2) is 8.75. The van der Waals surface area contributed by atoms with Gasteiger partial charge in [-0.1, -0.05) is 39.8 Å².